The first-order valence-electron chi connectivity index (χ1n) is 9.27. The van der Waals surface area contributed by atoms with Gasteiger partial charge in [0.25, 0.3) is 10.0 Å². The number of hydrogen-bond acceptors (Lipinski definition) is 5. The Morgan fingerprint density at radius 1 is 1.00 bits per heavy atom. The number of rotatable bonds is 5. The lowest BCUT2D eigenvalue weighted by Gasteiger charge is -2.13. The second-order valence-corrected chi connectivity index (χ2v) is 10.6. The summed E-state index contributed by atoms with van der Waals surface area (Å²) < 4.78 is 96.6. The Balaban J connectivity index is 2.00. The zero-order chi connectivity index (χ0) is 22.4. The molecule has 1 fully saturated rings. The van der Waals surface area contributed by atoms with Gasteiger partial charge in [0.1, 0.15) is 4.90 Å². The van der Waals surface area contributed by atoms with E-state index in [2.05, 4.69) is 10.0 Å². The molecule has 4 rings (SSSR count). The zero-order valence-electron chi connectivity index (χ0n) is 15.9. The van der Waals surface area contributed by atoms with Crippen molar-refractivity contribution in [2.24, 2.45) is 0 Å². The first-order valence-corrected chi connectivity index (χ1v) is 12.2. The van der Waals surface area contributed by atoms with Gasteiger partial charge in [0.05, 0.1) is 16.0 Å². The molecule has 0 amide bonds. The number of benzene rings is 2. The fourth-order valence-electron chi connectivity index (χ4n) is 3.61. The lowest BCUT2D eigenvalue weighted by Crippen LogP contribution is -2.36. The topological polar surface area (TPSA) is 97.3 Å². The highest BCUT2D eigenvalue weighted by atomic mass is 32.2. The van der Waals surface area contributed by atoms with Crippen LogP contribution in [-0.4, -0.2) is 39.9 Å². The Hall–Kier alpha value is -2.41. The van der Waals surface area contributed by atoms with Crippen LogP contribution in [0, 0.1) is 0 Å². The van der Waals surface area contributed by atoms with Gasteiger partial charge in [0.2, 0.25) is 10.0 Å². The third kappa shape index (κ3) is 3.95. The van der Waals surface area contributed by atoms with Crippen LogP contribution in [0.4, 0.5) is 13.2 Å². The maximum absolute atomic E-state index is 13.7. The van der Waals surface area contributed by atoms with Crippen LogP contribution in [0.1, 0.15) is 12.0 Å². The number of aromatic nitrogens is 1. The summed E-state index contributed by atoms with van der Waals surface area (Å²) >= 11 is 0. The van der Waals surface area contributed by atoms with Crippen molar-refractivity contribution in [3.05, 3.63) is 60.3 Å². The minimum atomic E-state index is -4.89. The summed E-state index contributed by atoms with van der Waals surface area (Å²) in [6.07, 6.45) is -3.68. The lowest BCUT2D eigenvalue weighted by atomic mass is 10.1. The fraction of sp³-hybridized carbons (Fsp3) is 0.263. The molecule has 3 aromatic rings. The van der Waals surface area contributed by atoms with Crippen molar-refractivity contribution in [2.75, 3.05) is 13.1 Å². The molecule has 0 saturated carbocycles. The number of nitrogens with one attached hydrogen (secondary N) is 2. The Labute approximate surface area is 177 Å². The molecule has 1 atom stereocenters. The van der Waals surface area contributed by atoms with Crippen LogP contribution in [0.15, 0.2) is 64.5 Å². The van der Waals surface area contributed by atoms with Gasteiger partial charge < -0.3 is 5.32 Å². The number of alkyl halides is 3. The van der Waals surface area contributed by atoms with Crippen LogP contribution in [0.5, 0.6) is 0 Å². The first-order chi connectivity index (χ1) is 14.5. The third-order valence-electron chi connectivity index (χ3n) is 5.04. The monoisotopic (exact) mass is 473 g/mol. The SMILES string of the molecule is O=S(=O)(NC1CCNC1)c1cn(S(=O)(=O)c2ccccc2)c2cccc(C(F)(F)F)c12. The van der Waals surface area contributed by atoms with Gasteiger partial charge >= 0.3 is 6.18 Å². The van der Waals surface area contributed by atoms with Crippen LogP contribution in [-0.2, 0) is 26.2 Å². The summed E-state index contributed by atoms with van der Waals surface area (Å²) in [5.74, 6) is 0. The highest BCUT2D eigenvalue weighted by Gasteiger charge is 2.38. The molecule has 2 N–H and O–H groups in total. The van der Waals surface area contributed by atoms with Crippen LogP contribution < -0.4 is 10.0 Å². The summed E-state index contributed by atoms with van der Waals surface area (Å²) in [7, 11) is -8.80. The van der Waals surface area contributed by atoms with Crippen molar-refractivity contribution < 1.29 is 30.0 Å². The summed E-state index contributed by atoms with van der Waals surface area (Å²) in [5, 5.41) is 2.28. The van der Waals surface area contributed by atoms with Gasteiger partial charge in [-0.25, -0.2) is 25.5 Å². The highest BCUT2D eigenvalue weighted by molar-refractivity contribution is 7.91. The van der Waals surface area contributed by atoms with E-state index in [4.69, 9.17) is 0 Å². The van der Waals surface area contributed by atoms with Gasteiger partial charge in [-0.2, -0.15) is 13.2 Å². The van der Waals surface area contributed by atoms with E-state index in [-0.39, 0.29) is 10.4 Å². The smallest absolute Gasteiger partial charge is 0.315 e. The van der Waals surface area contributed by atoms with E-state index in [0.29, 0.717) is 23.5 Å². The molecule has 1 aromatic heterocycles. The molecule has 1 saturated heterocycles. The molecule has 1 aliphatic heterocycles. The largest absolute Gasteiger partial charge is 0.417 e. The molecule has 31 heavy (non-hydrogen) atoms. The third-order valence-corrected chi connectivity index (χ3v) is 8.26. The molecular weight excluding hydrogens is 455 g/mol. The zero-order valence-corrected chi connectivity index (χ0v) is 17.6. The molecule has 0 spiro atoms. The van der Waals surface area contributed by atoms with Crippen molar-refractivity contribution in [2.45, 2.75) is 28.4 Å². The van der Waals surface area contributed by atoms with E-state index in [1.165, 1.54) is 24.3 Å². The van der Waals surface area contributed by atoms with E-state index < -0.39 is 48.1 Å². The van der Waals surface area contributed by atoms with Gasteiger partial charge in [0.15, 0.2) is 0 Å². The maximum atomic E-state index is 13.7. The Morgan fingerprint density at radius 2 is 1.71 bits per heavy atom. The second-order valence-electron chi connectivity index (χ2n) is 7.12. The molecule has 7 nitrogen and oxygen atoms in total. The van der Waals surface area contributed by atoms with Crippen molar-refractivity contribution in [3.8, 4) is 0 Å². The molecule has 1 aliphatic rings. The van der Waals surface area contributed by atoms with Crippen molar-refractivity contribution in [1.82, 2.24) is 14.0 Å². The minimum Gasteiger partial charge on any atom is -0.315 e. The van der Waals surface area contributed by atoms with Gasteiger partial charge in [-0.3, -0.25) is 0 Å². The quantitative estimate of drug-likeness (QED) is 0.594. The molecule has 2 aromatic carbocycles. The number of hydrogen-bond donors (Lipinski definition) is 2. The van der Waals surface area contributed by atoms with Gasteiger partial charge in [-0.15, -0.1) is 0 Å². The number of halogens is 3. The normalized spacial score (nSPS) is 18.0. The van der Waals surface area contributed by atoms with Gasteiger partial charge in [-0.05, 0) is 37.2 Å². The standard InChI is InChI=1S/C19H18F3N3O4S2/c20-19(21,22)15-7-4-8-16-18(15)17(30(26,27)24-13-9-10-23-11-13)12-25(16)31(28,29)14-5-2-1-3-6-14/h1-8,12-13,23-24H,9-11H2. The molecule has 2 heterocycles. The van der Waals surface area contributed by atoms with Gasteiger partial charge in [-0.1, -0.05) is 24.3 Å². The maximum Gasteiger partial charge on any atom is 0.417 e. The molecule has 166 valence electrons. The predicted molar refractivity (Wildman–Crippen MR) is 108 cm³/mol. The van der Waals surface area contributed by atoms with Crippen LogP contribution >= 0.6 is 0 Å². The minimum absolute atomic E-state index is 0.179. The Bertz CT molecular complexity index is 1330. The van der Waals surface area contributed by atoms with Crippen molar-refractivity contribution in [3.63, 3.8) is 0 Å². The Morgan fingerprint density at radius 3 is 2.32 bits per heavy atom. The van der Waals surface area contributed by atoms with Crippen molar-refractivity contribution in [1.29, 1.82) is 0 Å². The van der Waals surface area contributed by atoms with E-state index in [9.17, 15) is 30.0 Å². The summed E-state index contributed by atoms with van der Waals surface area (Å²) in [4.78, 5) is -0.914. The summed E-state index contributed by atoms with van der Waals surface area (Å²) in [5.41, 5.74) is -1.60. The average molecular weight is 473 g/mol. The highest BCUT2D eigenvalue weighted by Crippen LogP contribution is 2.39. The summed E-state index contributed by atoms with van der Waals surface area (Å²) in [6, 6.07) is 9.51. The molecule has 1 unspecified atom stereocenters. The lowest BCUT2D eigenvalue weighted by molar-refractivity contribution is -0.136. The fourth-order valence-corrected chi connectivity index (χ4v) is 6.55. The predicted octanol–water partition coefficient (Wildman–Crippen LogP) is 2.54. The van der Waals surface area contributed by atoms with Crippen LogP contribution in [0.3, 0.4) is 0 Å². The number of fused-ring (bicyclic) bond motifs is 1. The molecular formula is C19H18F3N3O4S2. The van der Waals surface area contributed by atoms with Crippen LogP contribution in [0.2, 0.25) is 0 Å². The first kappa shape index (κ1) is 21.8. The molecule has 0 bridgehead atoms. The Kier molecular flexibility index (Phi) is 5.36. The van der Waals surface area contributed by atoms with E-state index in [1.807, 2.05) is 0 Å². The number of nitrogens with zero attached hydrogens (tertiary/aromatic N) is 1. The molecule has 0 radical (unpaired) electrons. The van der Waals surface area contributed by atoms with E-state index >= 15 is 0 Å². The van der Waals surface area contributed by atoms with Crippen LogP contribution in [0.25, 0.3) is 10.9 Å². The molecule has 0 aliphatic carbocycles. The van der Waals surface area contributed by atoms with Crippen molar-refractivity contribution >= 4 is 30.9 Å². The second kappa shape index (κ2) is 7.62. The number of sulfonamides is 1. The van der Waals surface area contributed by atoms with E-state index in [1.54, 1.807) is 6.07 Å². The average Bonchev–Trinajstić information content (AvgIpc) is 3.35. The van der Waals surface area contributed by atoms with Gasteiger partial charge in [0, 0.05) is 24.2 Å². The molecule has 12 heteroatoms. The summed E-state index contributed by atoms with van der Waals surface area (Å²) in [6.45, 7) is 0.886. The van der Waals surface area contributed by atoms with E-state index in [0.717, 1.165) is 24.4 Å².